The van der Waals surface area contributed by atoms with Crippen molar-refractivity contribution in [2.24, 2.45) is 5.10 Å². The van der Waals surface area contributed by atoms with Crippen LogP contribution in [0, 0.1) is 20.8 Å². The van der Waals surface area contributed by atoms with Crippen LogP contribution in [0.15, 0.2) is 81.2 Å². The van der Waals surface area contributed by atoms with Gasteiger partial charge in [-0.15, -0.1) is 0 Å². The van der Waals surface area contributed by atoms with Gasteiger partial charge in [-0.1, -0.05) is 76.1 Å². The summed E-state index contributed by atoms with van der Waals surface area (Å²) in [7, 11) is -3.94. The largest absolute Gasteiger partial charge is 0.272 e. The lowest BCUT2D eigenvalue weighted by Crippen LogP contribution is -2.39. The average Bonchev–Trinajstić information content (AvgIpc) is 2.74. The fourth-order valence-corrected chi connectivity index (χ4v) is 5.70. The van der Waals surface area contributed by atoms with Crippen molar-refractivity contribution in [3.05, 3.63) is 99.0 Å². The van der Waals surface area contributed by atoms with Crippen molar-refractivity contribution in [2.45, 2.75) is 32.2 Å². The Bertz CT molecular complexity index is 1230. The first-order valence-corrected chi connectivity index (χ1v) is 12.6. The normalized spacial score (nSPS) is 11.8. The highest BCUT2D eigenvalue weighted by atomic mass is 79.9. The van der Waals surface area contributed by atoms with E-state index in [-0.39, 0.29) is 18.0 Å². The number of hydrazone groups is 1. The smallest absolute Gasteiger partial charge is 0.255 e. The molecule has 172 valence electrons. The number of hydrogen-bond acceptors (Lipinski definition) is 4. The lowest BCUT2D eigenvalue weighted by atomic mass is 10.1. The van der Waals surface area contributed by atoms with Crippen LogP contribution in [0.3, 0.4) is 0 Å². The molecular weight excluding hydrogens is 502 g/mol. The fraction of sp³-hybridized carbons (Fsp3) is 0.200. The molecular formula is C25H26BrN3O3S. The van der Waals surface area contributed by atoms with Crippen molar-refractivity contribution < 1.29 is 13.2 Å². The molecule has 3 aromatic carbocycles. The fourth-order valence-electron chi connectivity index (χ4n) is 3.64. The van der Waals surface area contributed by atoms with E-state index in [1.165, 1.54) is 10.5 Å². The highest BCUT2D eigenvalue weighted by Gasteiger charge is 2.29. The van der Waals surface area contributed by atoms with Gasteiger partial charge in [-0.2, -0.15) is 9.41 Å². The minimum absolute atomic E-state index is 0.0692. The van der Waals surface area contributed by atoms with Gasteiger partial charge in [-0.25, -0.2) is 13.8 Å². The second-order valence-corrected chi connectivity index (χ2v) is 10.6. The van der Waals surface area contributed by atoms with E-state index in [1.54, 1.807) is 13.8 Å². The number of benzene rings is 3. The first-order chi connectivity index (χ1) is 15.7. The van der Waals surface area contributed by atoms with Gasteiger partial charge in [-0.3, -0.25) is 4.79 Å². The zero-order valence-corrected chi connectivity index (χ0v) is 21.2. The maximum absolute atomic E-state index is 13.7. The summed E-state index contributed by atoms with van der Waals surface area (Å²) < 4.78 is 29.4. The molecule has 3 rings (SSSR count). The van der Waals surface area contributed by atoms with E-state index >= 15 is 0 Å². The predicted molar refractivity (Wildman–Crippen MR) is 135 cm³/mol. The van der Waals surface area contributed by atoms with Crippen molar-refractivity contribution in [1.29, 1.82) is 0 Å². The molecule has 8 heteroatoms. The Labute approximate surface area is 203 Å². The molecule has 0 aliphatic carbocycles. The van der Waals surface area contributed by atoms with Crippen LogP contribution in [-0.2, 0) is 21.4 Å². The van der Waals surface area contributed by atoms with Gasteiger partial charge < -0.3 is 0 Å². The summed E-state index contributed by atoms with van der Waals surface area (Å²) in [5, 5.41) is 3.97. The Kier molecular flexibility index (Phi) is 8.18. The summed E-state index contributed by atoms with van der Waals surface area (Å²) in [4.78, 5) is 12.9. The number of carbonyl (C=O) groups excluding carboxylic acids is 1. The minimum atomic E-state index is -3.94. The van der Waals surface area contributed by atoms with Crippen molar-refractivity contribution >= 4 is 38.1 Å². The molecule has 0 saturated heterocycles. The summed E-state index contributed by atoms with van der Waals surface area (Å²) in [6.07, 6.45) is 1.51. The zero-order valence-electron chi connectivity index (χ0n) is 18.7. The molecule has 0 aliphatic heterocycles. The van der Waals surface area contributed by atoms with Gasteiger partial charge in [0.2, 0.25) is 10.0 Å². The standard InChI is InChI=1S/C25H26BrN3O3S/c1-18-13-19(2)25(20(3)14-18)33(31,32)29(16-22-7-5-4-6-8-22)17-24(30)28-27-15-21-9-11-23(26)12-10-21/h4-15H,16-17H2,1-3H3,(H,28,30)/b27-15-. The summed E-state index contributed by atoms with van der Waals surface area (Å²) in [5.74, 6) is -0.523. The molecule has 6 nitrogen and oxygen atoms in total. The van der Waals surface area contributed by atoms with E-state index in [0.29, 0.717) is 11.1 Å². The van der Waals surface area contributed by atoms with Crippen molar-refractivity contribution in [2.75, 3.05) is 6.54 Å². The predicted octanol–water partition coefficient (Wildman–Crippen LogP) is 4.72. The number of halogens is 1. The summed E-state index contributed by atoms with van der Waals surface area (Å²) >= 11 is 3.37. The average molecular weight is 528 g/mol. The molecule has 0 aromatic heterocycles. The van der Waals surface area contributed by atoms with Crippen molar-refractivity contribution in [3.63, 3.8) is 0 Å². The molecule has 3 aromatic rings. The second kappa shape index (κ2) is 10.9. The molecule has 0 spiro atoms. The van der Waals surface area contributed by atoms with Crippen LogP contribution in [0.25, 0.3) is 0 Å². The van der Waals surface area contributed by atoms with Gasteiger partial charge in [0.05, 0.1) is 17.7 Å². The van der Waals surface area contributed by atoms with Gasteiger partial charge in [0.1, 0.15) is 0 Å². The van der Waals surface area contributed by atoms with Crippen molar-refractivity contribution in [3.8, 4) is 0 Å². The molecule has 0 heterocycles. The molecule has 33 heavy (non-hydrogen) atoms. The van der Waals surface area contributed by atoms with E-state index in [9.17, 15) is 13.2 Å². The molecule has 0 fully saturated rings. The summed E-state index contributed by atoms with van der Waals surface area (Å²) in [6, 6.07) is 20.3. The lowest BCUT2D eigenvalue weighted by molar-refractivity contribution is -0.121. The lowest BCUT2D eigenvalue weighted by Gasteiger charge is -2.24. The van der Waals surface area contributed by atoms with Crippen LogP contribution >= 0.6 is 15.9 Å². The number of amides is 1. The molecule has 1 amide bonds. The second-order valence-electron chi connectivity index (χ2n) is 7.83. The van der Waals surface area contributed by atoms with Gasteiger partial charge in [0.25, 0.3) is 5.91 Å². The van der Waals surface area contributed by atoms with E-state index in [1.807, 2.05) is 73.7 Å². The van der Waals surface area contributed by atoms with E-state index < -0.39 is 15.9 Å². The molecule has 0 saturated carbocycles. The zero-order chi connectivity index (χ0) is 24.0. The first-order valence-electron chi connectivity index (χ1n) is 10.4. The number of carbonyl (C=O) groups is 1. The third-order valence-electron chi connectivity index (χ3n) is 5.00. The molecule has 0 unspecified atom stereocenters. The Morgan fingerprint density at radius 1 is 1.00 bits per heavy atom. The Hall–Kier alpha value is -2.81. The highest BCUT2D eigenvalue weighted by molar-refractivity contribution is 9.10. The van der Waals surface area contributed by atoms with Crippen LogP contribution in [0.2, 0.25) is 0 Å². The quantitative estimate of drug-likeness (QED) is 0.340. The number of aryl methyl sites for hydroxylation is 3. The third kappa shape index (κ3) is 6.60. The SMILES string of the molecule is Cc1cc(C)c(S(=O)(=O)N(CC(=O)N/N=C\c2ccc(Br)cc2)Cc2ccccc2)c(C)c1. The monoisotopic (exact) mass is 527 g/mol. The van der Waals surface area contributed by atoms with Gasteiger partial charge in [0.15, 0.2) is 0 Å². The van der Waals surface area contributed by atoms with Gasteiger partial charge in [-0.05, 0) is 55.2 Å². The Balaban J connectivity index is 1.85. The maximum atomic E-state index is 13.7. The van der Waals surface area contributed by atoms with E-state index in [4.69, 9.17) is 0 Å². The number of hydrogen-bond donors (Lipinski definition) is 1. The Morgan fingerprint density at radius 3 is 2.21 bits per heavy atom. The molecule has 0 radical (unpaired) electrons. The highest BCUT2D eigenvalue weighted by Crippen LogP contribution is 2.26. The van der Waals surface area contributed by atoms with Crippen LogP contribution < -0.4 is 5.43 Å². The van der Waals surface area contributed by atoms with Gasteiger partial charge in [0, 0.05) is 11.0 Å². The topological polar surface area (TPSA) is 78.8 Å². The number of rotatable bonds is 8. The summed E-state index contributed by atoms with van der Waals surface area (Å²) in [5.41, 5.74) is 6.32. The summed E-state index contributed by atoms with van der Waals surface area (Å²) in [6.45, 7) is 5.18. The third-order valence-corrected chi connectivity index (χ3v) is 7.62. The van der Waals surface area contributed by atoms with Crippen LogP contribution in [0.1, 0.15) is 27.8 Å². The van der Waals surface area contributed by atoms with Crippen LogP contribution in [0.4, 0.5) is 0 Å². The first kappa shape index (κ1) is 24.8. The van der Waals surface area contributed by atoms with E-state index in [2.05, 4.69) is 26.5 Å². The maximum Gasteiger partial charge on any atom is 0.255 e. The minimum Gasteiger partial charge on any atom is -0.272 e. The van der Waals surface area contributed by atoms with Crippen LogP contribution in [0.5, 0.6) is 0 Å². The van der Waals surface area contributed by atoms with E-state index in [0.717, 1.165) is 21.2 Å². The van der Waals surface area contributed by atoms with Crippen molar-refractivity contribution in [1.82, 2.24) is 9.73 Å². The number of nitrogens with zero attached hydrogens (tertiary/aromatic N) is 2. The molecule has 1 N–H and O–H groups in total. The number of sulfonamides is 1. The Morgan fingerprint density at radius 2 is 1.61 bits per heavy atom. The molecule has 0 aliphatic rings. The number of nitrogens with one attached hydrogen (secondary N) is 1. The molecule has 0 atom stereocenters. The molecule has 0 bridgehead atoms. The van der Waals surface area contributed by atoms with Crippen LogP contribution in [-0.4, -0.2) is 31.4 Å². The van der Waals surface area contributed by atoms with Gasteiger partial charge >= 0.3 is 0 Å².